The fourth-order valence-corrected chi connectivity index (χ4v) is 7.94. The monoisotopic (exact) mass is 584 g/mol. The topological polar surface area (TPSA) is 134 Å². The van der Waals surface area contributed by atoms with E-state index in [2.05, 4.69) is 10.0 Å². The number of fused-ring (bicyclic) bond motifs is 1. The van der Waals surface area contributed by atoms with Crippen LogP contribution in [0.3, 0.4) is 0 Å². The van der Waals surface area contributed by atoms with Crippen LogP contribution in [0.4, 0.5) is 13.2 Å². The number of alkyl halides is 3. The molecule has 2 aromatic carbocycles. The van der Waals surface area contributed by atoms with Gasteiger partial charge in [0.05, 0.1) is 29.0 Å². The van der Waals surface area contributed by atoms with Crippen LogP contribution < -0.4 is 14.8 Å². The first-order valence-electron chi connectivity index (χ1n) is 12.5. The van der Waals surface area contributed by atoms with Crippen molar-refractivity contribution in [3.63, 3.8) is 0 Å². The summed E-state index contributed by atoms with van der Waals surface area (Å²) < 4.78 is 95.1. The van der Waals surface area contributed by atoms with Gasteiger partial charge in [0.2, 0.25) is 26.0 Å². The van der Waals surface area contributed by atoms with E-state index in [0.29, 0.717) is 23.0 Å². The molecule has 3 N–H and O–H groups in total. The molecule has 14 heteroatoms. The highest BCUT2D eigenvalue weighted by atomic mass is 32.2. The Balaban J connectivity index is 1.42. The average Bonchev–Trinajstić information content (AvgIpc) is 3.43. The maximum Gasteiger partial charge on any atom is 0.416 e. The lowest BCUT2D eigenvalue weighted by atomic mass is 9.92. The number of aliphatic imine (C=N–C) groups is 1. The van der Waals surface area contributed by atoms with Gasteiger partial charge in [-0.3, -0.25) is 14.5 Å². The third kappa shape index (κ3) is 5.97. The Kier molecular flexibility index (Phi) is 7.22. The smallest absolute Gasteiger partial charge is 0.368 e. The van der Waals surface area contributed by atoms with E-state index in [1.54, 1.807) is 24.3 Å². The maximum atomic E-state index is 13.2. The second kappa shape index (κ2) is 10.2. The minimum atomic E-state index is -4.70. The molecule has 5 rings (SSSR count). The molecular formula is C25H27F3N4O5S2. The summed E-state index contributed by atoms with van der Waals surface area (Å²) >= 11 is 0. The zero-order chi connectivity index (χ0) is 28.0. The molecule has 2 fully saturated rings. The van der Waals surface area contributed by atoms with Crippen LogP contribution in [0.1, 0.15) is 54.0 Å². The molecule has 1 aliphatic carbocycles. The van der Waals surface area contributed by atoms with Gasteiger partial charge < -0.3 is 5.32 Å². The van der Waals surface area contributed by atoms with Gasteiger partial charge in [-0.2, -0.15) is 13.2 Å². The van der Waals surface area contributed by atoms with E-state index in [1.165, 1.54) is 0 Å². The van der Waals surface area contributed by atoms with E-state index in [1.807, 2.05) is 4.72 Å². The van der Waals surface area contributed by atoms with Crippen molar-refractivity contribution in [2.24, 2.45) is 4.99 Å². The van der Waals surface area contributed by atoms with Crippen molar-refractivity contribution in [1.82, 2.24) is 14.8 Å². The van der Waals surface area contributed by atoms with E-state index < -0.39 is 53.9 Å². The van der Waals surface area contributed by atoms with Crippen LogP contribution in [0.15, 0.2) is 58.4 Å². The van der Waals surface area contributed by atoms with E-state index in [0.717, 1.165) is 43.9 Å². The lowest BCUT2D eigenvalue weighted by Crippen LogP contribution is -2.48. The molecule has 9 nitrogen and oxygen atoms in total. The molecule has 39 heavy (non-hydrogen) atoms. The zero-order valence-corrected chi connectivity index (χ0v) is 22.2. The molecule has 210 valence electrons. The van der Waals surface area contributed by atoms with Crippen LogP contribution in [0, 0.1) is 0 Å². The molecule has 2 aromatic rings. The van der Waals surface area contributed by atoms with E-state index in [4.69, 9.17) is 4.99 Å². The van der Waals surface area contributed by atoms with Crippen LogP contribution in [0.2, 0.25) is 0 Å². The molecule has 1 saturated heterocycles. The van der Waals surface area contributed by atoms with Crippen LogP contribution in [0.5, 0.6) is 0 Å². The molecule has 2 aliphatic heterocycles. The quantitative estimate of drug-likeness (QED) is 0.459. The number of nitrogens with one attached hydrogen (secondary N) is 3. The SMILES string of the molecule is O=C1CC(c2ccc(CC(NS(=O)(=O)c3cccc(C(F)(F)F)c3)C3=N[C@@H]4CCCC[C@@H]4N3)cc2)S(=O)(=O)N1. The number of hydrogen-bond acceptors (Lipinski definition) is 7. The zero-order valence-electron chi connectivity index (χ0n) is 20.6. The number of carbonyl (C=O) groups excluding carboxylic acids is 1. The Hall–Kier alpha value is -2.97. The minimum absolute atomic E-state index is 0.00528. The van der Waals surface area contributed by atoms with Crippen LogP contribution in [0.25, 0.3) is 0 Å². The summed E-state index contributed by atoms with van der Waals surface area (Å²) in [5.74, 6) is -0.167. The Bertz CT molecular complexity index is 1510. The Morgan fingerprint density at radius 1 is 1.08 bits per heavy atom. The second-order valence-electron chi connectivity index (χ2n) is 10.0. The molecule has 4 atom stereocenters. The lowest BCUT2D eigenvalue weighted by molar-refractivity contribution is -0.137. The number of nitrogens with zero attached hydrogens (tertiary/aromatic N) is 1. The summed E-state index contributed by atoms with van der Waals surface area (Å²) in [7, 11) is -8.19. The lowest BCUT2D eigenvalue weighted by Gasteiger charge is -2.24. The van der Waals surface area contributed by atoms with E-state index in [9.17, 15) is 34.8 Å². The van der Waals surface area contributed by atoms with Gasteiger partial charge in [-0.05, 0) is 48.6 Å². The second-order valence-corrected chi connectivity index (χ2v) is 13.6. The molecule has 1 amide bonds. The average molecular weight is 585 g/mol. The Morgan fingerprint density at radius 2 is 1.79 bits per heavy atom. The number of sulfonamides is 2. The third-order valence-electron chi connectivity index (χ3n) is 7.26. The van der Waals surface area contributed by atoms with Gasteiger partial charge in [-0.25, -0.2) is 21.6 Å². The fraction of sp³-hybridized carbons (Fsp3) is 0.440. The summed E-state index contributed by atoms with van der Waals surface area (Å²) in [6.07, 6.45) is -1.04. The first kappa shape index (κ1) is 27.6. The van der Waals surface area contributed by atoms with Crippen LogP contribution in [-0.4, -0.2) is 46.7 Å². The highest BCUT2D eigenvalue weighted by molar-refractivity contribution is 7.90. The number of amidine groups is 1. The molecule has 3 aliphatic rings. The van der Waals surface area contributed by atoms with Crippen molar-refractivity contribution in [2.75, 3.05) is 0 Å². The van der Waals surface area contributed by atoms with Crippen molar-refractivity contribution < 1.29 is 34.8 Å². The molecule has 0 bridgehead atoms. The molecule has 0 radical (unpaired) electrons. The molecule has 0 spiro atoms. The van der Waals surface area contributed by atoms with Crippen LogP contribution >= 0.6 is 0 Å². The minimum Gasteiger partial charge on any atom is -0.368 e. The van der Waals surface area contributed by atoms with Crippen molar-refractivity contribution in [2.45, 2.75) is 73.0 Å². The van der Waals surface area contributed by atoms with Gasteiger partial charge in [-0.1, -0.05) is 43.2 Å². The van der Waals surface area contributed by atoms with Gasteiger partial charge >= 0.3 is 6.18 Å². The number of halogens is 3. The van der Waals surface area contributed by atoms with Gasteiger partial charge in [0.15, 0.2) is 0 Å². The molecule has 1 saturated carbocycles. The predicted octanol–water partition coefficient (Wildman–Crippen LogP) is 2.80. The van der Waals surface area contributed by atoms with Crippen LogP contribution in [-0.2, 0) is 37.4 Å². The predicted molar refractivity (Wildman–Crippen MR) is 137 cm³/mol. The summed E-state index contributed by atoms with van der Waals surface area (Å²) in [6, 6.07) is 9.12. The van der Waals surface area contributed by atoms with Gasteiger partial charge in [-0.15, -0.1) is 0 Å². The van der Waals surface area contributed by atoms with Gasteiger partial charge in [0.25, 0.3) is 0 Å². The number of hydrogen-bond donors (Lipinski definition) is 3. The Morgan fingerprint density at radius 3 is 2.44 bits per heavy atom. The Labute approximate surface area is 224 Å². The third-order valence-corrected chi connectivity index (χ3v) is 10.4. The fourth-order valence-electron chi connectivity index (χ4n) is 5.27. The molecule has 0 aromatic heterocycles. The van der Waals surface area contributed by atoms with E-state index >= 15 is 0 Å². The summed E-state index contributed by atoms with van der Waals surface area (Å²) in [5.41, 5.74) is -0.0141. The highest BCUT2D eigenvalue weighted by Crippen LogP contribution is 2.32. The summed E-state index contributed by atoms with van der Waals surface area (Å²) in [5, 5.41) is 2.30. The van der Waals surface area contributed by atoms with Gasteiger partial charge in [0.1, 0.15) is 11.1 Å². The summed E-state index contributed by atoms with van der Waals surface area (Å²) in [6.45, 7) is 0. The number of amides is 1. The maximum absolute atomic E-state index is 13.2. The number of benzene rings is 2. The van der Waals surface area contributed by atoms with Gasteiger partial charge in [0, 0.05) is 6.04 Å². The first-order chi connectivity index (χ1) is 18.3. The van der Waals surface area contributed by atoms with Crippen molar-refractivity contribution in [3.8, 4) is 0 Å². The highest BCUT2D eigenvalue weighted by Gasteiger charge is 2.39. The summed E-state index contributed by atoms with van der Waals surface area (Å²) in [4.78, 5) is 15.8. The van der Waals surface area contributed by atoms with Crippen molar-refractivity contribution in [1.29, 1.82) is 0 Å². The largest absolute Gasteiger partial charge is 0.416 e. The molecular weight excluding hydrogens is 557 g/mol. The normalized spacial score (nSPS) is 25.4. The standard InChI is InChI=1S/C25H27F3N4O5S2/c26-25(27,28)17-4-3-5-18(13-17)38(34,35)31-21(24-29-19-6-1-2-7-20(19)30-24)12-15-8-10-16(11-9-15)22-14-23(33)32-39(22,36)37/h3-5,8-11,13,19-22,31H,1-2,6-7,12,14H2,(H,29,30)(H,32,33)/t19-,20+,21?,22?. The molecule has 2 unspecified atom stereocenters. The molecule has 2 heterocycles. The first-order valence-corrected chi connectivity index (χ1v) is 15.5. The van der Waals surface area contributed by atoms with E-state index in [-0.39, 0.29) is 24.9 Å². The number of rotatable bonds is 7. The van der Waals surface area contributed by atoms with Crippen molar-refractivity contribution >= 4 is 31.8 Å². The van der Waals surface area contributed by atoms with Crippen molar-refractivity contribution in [3.05, 3.63) is 65.2 Å². The number of carbonyl (C=O) groups is 1.